The molecule has 0 atom stereocenters. The molecule has 0 aliphatic heterocycles. The highest BCUT2D eigenvalue weighted by Crippen LogP contribution is 2.09. The molecule has 0 aromatic heterocycles. The van der Waals surface area contributed by atoms with Crippen molar-refractivity contribution < 1.29 is 0 Å². The van der Waals surface area contributed by atoms with Crippen LogP contribution >= 0.6 is 0 Å². The van der Waals surface area contributed by atoms with E-state index < -0.39 is 8.56 Å². The first kappa shape index (κ1) is 17.1. The predicted molar refractivity (Wildman–Crippen MR) is 80.3 cm³/mol. The zero-order valence-corrected chi connectivity index (χ0v) is 13.9. The summed E-state index contributed by atoms with van der Waals surface area (Å²) >= 11 is 0. The van der Waals surface area contributed by atoms with Crippen molar-refractivity contribution in [2.75, 3.05) is 0 Å². The Labute approximate surface area is 109 Å². The first-order chi connectivity index (χ1) is 7.81. The Balaban J connectivity index is 4.76. The minimum absolute atomic E-state index is 0.524. The van der Waals surface area contributed by atoms with Crippen molar-refractivity contribution in [3.63, 3.8) is 0 Å². The molecule has 0 amide bonds. The summed E-state index contributed by atoms with van der Waals surface area (Å²) < 4.78 is 0. The summed E-state index contributed by atoms with van der Waals surface area (Å²) in [6, 6.07) is 2.82. The summed E-state index contributed by atoms with van der Waals surface area (Å²) in [5, 5.41) is 0. The fourth-order valence-electron chi connectivity index (χ4n) is 2.26. The lowest BCUT2D eigenvalue weighted by atomic mass is 10.4. The van der Waals surface area contributed by atoms with Crippen LogP contribution < -0.4 is 14.9 Å². The Morgan fingerprint density at radius 2 is 1.12 bits per heavy atom. The smallest absolute Gasteiger partial charge is 0.281 e. The Bertz CT molecular complexity index is 167. The average molecular weight is 260 g/mol. The van der Waals surface area contributed by atoms with Crippen LogP contribution in [0, 0.1) is 0 Å². The maximum absolute atomic E-state index is 3.81. The molecule has 0 aromatic rings. The molecule has 4 heteroatoms. The first-order valence-electron chi connectivity index (χ1n) is 7.14. The number of hydrogen-bond donors (Lipinski definition) is 3. The number of unbranched alkanes of at least 4 members (excludes halogenated alkanes) is 1. The van der Waals surface area contributed by atoms with E-state index >= 15 is 0 Å². The highest BCUT2D eigenvalue weighted by Gasteiger charge is 2.35. The number of hydrogen-bond acceptors (Lipinski definition) is 3. The lowest BCUT2D eigenvalue weighted by Crippen LogP contribution is -2.75. The standard InChI is InChI=1S/C13H33N3Si/c1-8-9-10-17(14-11(2)3,15-12(4)5)16-13(6)7/h11-16H,8-10H2,1-7H3. The normalized spacial score (nSPS) is 13.1. The molecule has 0 spiro atoms. The topological polar surface area (TPSA) is 36.1 Å². The average Bonchev–Trinajstić information content (AvgIpc) is 2.11. The van der Waals surface area contributed by atoms with Crippen molar-refractivity contribution in [2.45, 2.75) is 85.5 Å². The van der Waals surface area contributed by atoms with Gasteiger partial charge in [-0.15, -0.1) is 0 Å². The van der Waals surface area contributed by atoms with E-state index in [9.17, 15) is 0 Å². The fourth-order valence-corrected chi connectivity index (χ4v) is 6.79. The van der Waals surface area contributed by atoms with Gasteiger partial charge in [-0.05, 0) is 24.2 Å². The molecule has 0 radical (unpaired) electrons. The zero-order chi connectivity index (χ0) is 13.5. The van der Waals surface area contributed by atoms with E-state index in [-0.39, 0.29) is 0 Å². The molecular formula is C13H33N3Si. The van der Waals surface area contributed by atoms with Crippen LogP contribution in [-0.2, 0) is 0 Å². The Hall–Kier alpha value is 0.0969. The number of rotatable bonds is 9. The third kappa shape index (κ3) is 7.92. The first-order valence-corrected chi connectivity index (χ1v) is 9.35. The molecule has 3 nitrogen and oxygen atoms in total. The highest BCUT2D eigenvalue weighted by molar-refractivity contribution is 6.72. The molecule has 0 rings (SSSR count). The van der Waals surface area contributed by atoms with Gasteiger partial charge in [-0.2, -0.15) is 0 Å². The van der Waals surface area contributed by atoms with Crippen LogP contribution in [-0.4, -0.2) is 26.7 Å². The van der Waals surface area contributed by atoms with E-state index in [2.05, 4.69) is 63.4 Å². The molecule has 3 N–H and O–H groups in total. The molecule has 0 aliphatic rings. The second kappa shape index (κ2) is 8.24. The molecule has 0 fully saturated rings. The molecule has 0 bridgehead atoms. The van der Waals surface area contributed by atoms with Gasteiger partial charge >= 0.3 is 0 Å². The van der Waals surface area contributed by atoms with Gasteiger partial charge < -0.3 is 14.9 Å². The molecule has 17 heavy (non-hydrogen) atoms. The summed E-state index contributed by atoms with van der Waals surface area (Å²) in [7, 11) is -1.76. The van der Waals surface area contributed by atoms with Crippen LogP contribution in [0.3, 0.4) is 0 Å². The molecule has 104 valence electrons. The Kier molecular flexibility index (Phi) is 8.29. The minimum Gasteiger partial charge on any atom is -0.311 e. The summed E-state index contributed by atoms with van der Waals surface area (Å²) in [6.07, 6.45) is 2.54. The van der Waals surface area contributed by atoms with Crippen LogP contribution in [0.5, 0.6) is 0 Å². The van der Waals surface area contributed by atoms with Crippen molar-refractivity contribution >= 4 is 8.56 Å². The lowest BCUT2D eigenvalue weighted by Gasteiger charge is -2.38. The Morgan fingerprint density at radius 1 is 0.765 bits per heavy atom. The zero-order valence-electron chi connectivity index (χ0n) is 12.9. The van der Waals surface area contributed by atoms with Gasteiger partial charge in [0, 0.05) is 0 Å². The highest BCUT2D eigenvalue weighted by atomic mass is 28.4. The second-order valence-electron chi connectivity index (χ2n) is 5.91. The fraction of sp³-hybridized carbons (Fsp3) is 1.00. The quantitative estimate of drug-likeness (QED) is 0.557. The molecule has 0 unspecified atom stereocenters. The molecule has 0 aromatic carbocycles. The van der Waals surface area contributed by atoms with E-state index in [0.29, 0.717) is 18.1 Å². The van der Waals surface area contributed by atoms with Crippen LogP contribution in [0.2, 0.25) is 6.04 Å². The summed E-state index contributed by atoms with van der Waals surface area (Å²) in [4.78, 5) is 11.4. The van der Waals surface area contributed by atoms with Crippen LogP contribution in [0.15, 0.2) is 0 Å². The van der Waals surface area contributed by atoms with Gasteiger partial charge in [0.05, 0.1) is 0 Å². The molecule has 0 saturated carbocycles. The van der Waals surface area contributed by atoms with Crippen molar-refractivity contribution in [3.8, 4) is 0 Å². The monoisotopic (exact) mass is 259 g/mol. The van der Waals surface area contributed by atoms with Crippen molar-refractivity contribution in [3.05, 3.63) is 0 Å². The van der Waals surface area contributed by atoms with Gasteiger partial charge in [-0.3, -0.25) is 0 Å². The van der Waals surface area contributed by atoms with Crippen molar-refractivity contribution in [2.24, 2.45) is 0 Å². The van der Waals surface area contributed by atoms with Crippen LogP contribution in [0.4, 0.5) is 0 Å². The van der Waals surface area contributed by atoms with E-state index in [1.165, 1.54) is 18.9 Å². The molecule has 0 saturated heterocycles. The van der Waals surface area contributed by atoms with Gasteiger partial charge in [0.25, 0.3) is 8.56 Å². The van der Waals surface area contributed by atoms with E-state index in [0.717, 1.165) is 0 Å². The van der Waals surface area contributed by atoms with Crippen LogP contribution in [0.1, 0.15) is 61.3 Å². The van der Waals surface area contributed by atoms with Gasteiger partial charge in [0.1, 0.15) is 0 Å². The maximum Gasteiger partial charge on any atom is 0.281 e. The molecule has 0 aliphatic carbocycles. The molecular weight excluding hydrogens is 226 g/mol. The third-order valence-electron chi connectivity index (χ3n) is 2.51. The van der Waals surface area contributed by atoms with Crippen molar-refractivity contribution in [1.82, 2.24) is 14.9 Å². The maximum atomic E-state index is 3.81. The van der Waals surface area contributed by atoms with Crippen molar-refractivity contribution in [1.29, 1.82) is 0 Å². The predicted octanol–water partition coefficient (Wildman–Crippen LogP) is 2.72. The largest absolute Gasteiger partial charge is 0.311 e. The van der Waals surface area contributed by atoms with Crippen LogP contribution in [0.25, 0.3) is 0 Å². The lowest BCUT2D eigenvalue weighted by molar-refractivity contribution is 0.586. The van der Waals surface area contributed by atoms with E-state index in [4.69, 9.17) is 0 Å². The SMILES string of the molecule is CCCC[Si](NC(C)C)(NC(C)C)NC(C)C. The van der Waals surface area contributed by atoms with Gasteiger partial charge in [-0.1, -0.05) is 61.3 Å². The van der Waals surface area contributed by atoms with E-state index in [1.54, 1.807) is 0 Å². The minimum atomic E-state index is -1.76. The molecule has 0 heterocycles. The third-order valence-corrected chi connectivity index (χ3v) is 6.82. The van der Waals surface area contributed by atoms with E-state index in [1.807, 2.05) is 0 Å². The second-order valence-corrected chi connectivity index (χ2v) is 9.08. The summed E-state index contributed by atoms with van der Waals surface area (Å²) in [5.74, 6) is 0. The number of nitrogens with one attached hydrogen (secondary N) is 3. The summed E-state index contributed by atoms with van der Waals surface area (Å²) in [6.45, 7) is 15.7. The Morgan fingerprint density at radius 3 is 1.35 bits per heavy atom. The summed E-state index contributed by atoms with van der Waals surface area (Å²) in [5.41, 5.74) is 0. The van der Waals surface area contributed by atoms with Gasteiger partial charge in [-0.25, -0.2) is 0 Å². The van der Waals surface area contributed by atoms with Gasteiger partial charge in [0.15, 0.2) is 0 Å². The van der Waals surface area contributed by atoms with Gasteiger partial charge in [0.2, 0.25) is 0 Å².